The molecule has 4 nitrogen and oxygen atoms in total. The topological polar surface area (TPSA) is 72.2 Å². The summed E-state index contributed by atoms with van der Waals surface area (Å²) >= 11 is 0. The maximum Gasteiger partial charge on any atom is 0.296 e. The van der Waals surface area contributed by atoms with Gasteiger partial charge in [0, 0.05) is 0 Å². The molecule has 1 radical (unpaired) electrons. The maximum absolute atomic E-state index is 10.8. The van der Waals surface area contributed by atoms with Crippen molar-refractivity contribution in [2.75, 3.05) is 4.72 Å². The zero-order chi connectivity index (χ0) is 10.9. The van der Waals surface area contributed by atoms with Gasteiger partial charge in [-0.15, -0.1) is 0 Å². The van der Waals surface area contributed by atoms with Crippen molar-refractivity contribution in [2.24, 2.45) is 5.14 Å². The molecule has 0 fully saturated rings. The lowest BCUT2D eigenvalue weighted by Gasteiger charge is -2.04. The molecular formula is C10H9N2O2S. The first-order valence-corrected chi connectivity index (χ1v) is 5.80. The minimum Gasteiger partial charge on any atom is -0.271 e. The molecule has 0 bridgehead atoms. The Kier molecular flexibility index (Phi) is 2.34. The Hall–Kier alpha value is -1.59. The monoisotopic (exact) mass is 221 g/mol. The summed E-state index contributed by atoms with van der Waals surface area (Å²) in [6, 6.07) is 13.6. The third-order valence-electron chi connectivity index (χ3n) is 1.94. The van der Waals surface area contributed by atoms with Crippen molar-refractivity contribution in [2.45, 2.75) is 0 Å². The fraction of sp³-hybridized carbons (Fsp3) is 0. The van der Waals surface area contributed by atoms with Gasteiger partial charge >= 0.3 is 0 Å². The van der Waals surface area contributed by atoms with Crippen LogP contribution in [0, 0.1) is 6.07 Å². The fourth-order valence-corrected chi connectivity index (χ4v) is 1.81. The predicted octanol–water partition coefficient (Wildman–Crippen LogP) is 1.26. The first-order valence-electron chi connectivity index (χ1n) is 4.25. The van der Waals surface area contributed by atoms with Crippen molar-refractivity contribution in [1.29, 1.82) is 0 Å². The number of rotatable bonds is 2. The van der Waals surface area contributed by atoms with Crippen LogP contribution >= 0.6 is 0 Å². The zero-order valence-corrected chi connectivity index (χ0v) is 8.58. The molecule has 15 heavy (non-hydrogen) atoms. The number of hydrogen-bond acceptors (Lipinski definition) is 2. The lowest BCUT2D eigenvalue weighted by atomic mass is 10.1. The molecule has 0 aliphatic carbocycles. The number of nitrogens with two attached hydrogens (primary N) is 1. The molecule has 5 heteroatoms. The van der Waals surface area contributed by atoms with Crippen LogP contribution in [-0.4, -0.2) is 8.42 Å². The summed E-state index contributed by atoms with van der Waals surface area (Å²) in [7, 11) is -3.70. The van der Waals surface area contributed by atoms with Crippen LogP contribution in [0.2, 0.25) is 0 Å². The van der Waals surface area contributed by atoms with Crippen LogP contribution in [0.4, 0.5) is 5.69 Å². The maximum atomic E-state index is 10.8. The lowest BCUT2D eigenvalue weighted by Crippen LogP contribution is -2.21. The van der Waals surface area contributed by atoms with Crippen LogP contribution < -0.4 is 9.86 Å². The summed E-state index contributed by atoms with van der Waals surface area (Å²) in [5.74, 6) is 0. The Morgan fingerprint density at radius 3 is 2.73 bits per heavy atom. The third-order valence-corrected chi connectivity index (χ3v) is 2.47. The zero-order valence-electron chi connectivity index (χ0n) is 7.77. The molecule has 2 rings (SSSR count). The molecule has 0 aliphatic rings. The van der Waals surface area contributed by atoms with Crippen molar-refractivity contribution in [1.82, 2.24) is 0 Å². The highest BCUT2D eigenvalue weighted by Gasteiger charge is 2.02. The van der Waals surface area contributed by atoms with Crippen molar-refractivity contribution in [3.8, 4) is 0 Å². The van der Waals surface area contributed by atoms with Gasteiger partial charge in [0.1, 0.15) is 0 Å². The van der Waals surface area contributed by atoms with Crippen LogP contribution in [0.5, 0.6) is 0 Å². The summed E-state index contributed by atoms with van der Waals surface area (Å²) < 4.78 is 23.8. The van der Waals surface area contributed by atoms with Crippen LogP contribution in [0.1, 0.15) is 0 Å². The SMILES string of the molecule is NS(=O)(=O)Nc1ccc2c[c]ccc2c1. The number of benzene rings is 2. The first kappa shape index (κ1) is 9.95. The quantitative estimate of drug-likeness (QED) is 0.801. The molecule has 0 aromatic heterocycles. The molecule has 0 heterocycles. The second kappa shape index (κ2) is 3.52. The van der Waals surface area contributed by atoms with E-state index in [1.165, 1.54) is 0 Å². The van der Waals surface area contributed by atoms with Gasteiger partial charge in [0.25, 0.3) is 10.2 Å². The normalized spacial score (nSPS) is 11.5. The van der Waals surface area contributed by atoms with Crippen LogP contribution in [0.25, 0.3) is 10.8 Å². The largest absolute Gasteiger partial charge is 0.296 e. The average Bonchev–Trinajstić information content (AvgIpc) is 2.15. The molecule has 2 aromatic carbocycles. The summed E-state index contributed by atoms with van der Waals surface area (Å²) in [5.41, 5.74) is 0.455. The van der Waals surface area contributed by atoms with Gasteiger partial charge in [0.05, 0.1) is 5.69 Å². The van der Waals surface area contributed by atoms with Crippen molar-refractivity contribution in [3.63, 3.8) is 0 Å². The molecule has 0 saturated heterocycles. The van der Waals surface area contributed by atoms with E-state index in [9.17, 15) is 8.42 Å². The standard InChI is InChI=1S/C10H9N2O2S/c11-15(13,14)12-10-6-5-8-3-1-2-4-9(8)7-10/h2-7,12H,(H2,11,13,14). The summed E-state index contributed by atoms with van der Waals surface area (Å²) in [4.78, 5) is 0. The van der Waals surface area contributed by atoms with Crippen molar-refractivity contribution >= 4 is 26.7 Å². The van der Waals surface area contributed by atoms with Gasteiger partial charge in [0.15, 0.2) is 0 Å². The molecule has 0 saturated carbocycles. The Bertz CT molecular complexity index is 593. The molecule has 0 aliphatic heterocycles. The van der Waals surface area contributed by atoms with Crippen LogP contribution in [-0.2, 0) is 10.2 Å². The number of nitrogens with one attached hydrogen (secondary N) is 1. The summed E-state index contributed by atoms with van der Waals surface area (Å²) in [5, 5.41) is 6.80. The average molecular weight is 221 g/mol. The van der Waals surface area contributed by atoms with Crippen LogP contribution in [0.3, 0.4) is 0 Å². The molecule has 0 atom stereocenters. The second-order valence-electron chi connectivity index (χ2n) is 3.14. The highest BCUT2D eigenvalue weighted by Crippen LogP contribution is 2.18. The smallest absolute Gasteiger partial charge is 0.271 e. The lowest BCUT2D eigenvalue weighted by molar-refractivity contribution is 0.603. The van der Waals surface area contributed by atoms with E-state index in [1.807, 2.05) is 12.1 Å². The van der Waals surface area contributed by atoms with E-state index in [-0.39, 0.29) is 0 Å². The fourth-order valence-electron chi connectivity index (χ4n) is 1.35. The predicted molar refractivity (Wildman–Crippen MR) is 59.5 cm³/mol. The van der Waals surface area contributed by atoms with E-state index in [1.54, 1.807) is 24.3 Å². The molecule has 0 unspecified atom stereocenters. The summed E-state index contributed by atoms with van der Waals surface area (Å²) in [6.45, 7) is 0. The van der Waals surface area contributed by atoms with E-state index >= 15 is 0 Å². The summed E-state index contributed by atoms with van der Waals surface area (Å²) in [6.07, 6.45) is 0. The number of hydrogen-bond donors (Lipinski definition) is 2. The minimum absolute atomic E-state index is 0.455. The molecule has 2 aromatic rings. The van der Waals surface area contributed by atoms with Crippen LogP contribution in [0.15, 0.2) is 36.4 Å². The van der Waals surface area contributed by atoms with Gasteiger partial charge in [-0.25, -0.2) is 5.14 Å². The first-order chi connectivity index (χ1) is 7.04. The van der Waals surface area contributed by atoms with E-state index in [0.29, 0.717) is 5.69 Å². The highest BCUT2D eigenvalue weighted by molar-refractivity contribution is 7.90. The Morgan fingerprint density at radius 2 is 2.00 bits per heavy atom. The highest BCUT2D eigenvalue weighted by atomic mass is 32.2. The molecule has 0 spiro atoms. The Labute approximate surface area is 87.9 Å². The van der Waals surface area contributed by atoms with Gasteiger partial charge in [-0.3, -0.25) is 4.72 Å². The third kappa shape index (κ3) is 2.45. The van der Waals surface area contributed by atoms with Gasteiger partial charge in [0.2, 0.25) is 0 Å². The van der Waals surface area contributed by atoms with Crippen molar-refractivity contribution < 1.29 is 8.42 Å². The number of fused-ring (bicyclic) bond motifs is 1. The second-order valence-corrected chi connectivity index (χ2v) is 4.43. The van der Waals surface area contributed by atoms with Crippen molar-refractivity contribution in [3.05, 3.63) is 42.5 Å². The molecule has 3 N–H and O–H groups in total. The molecule has 77 valence electrons. The van der Waals surface area contributed by atoms with E-state index in [4.69, 9.17) is 5.14 Å². The number of anilines is 1. The van der Waals surface area contributed by atoms with E-state index in [0.717, 1.165) is 10.8 Å². The van der Waals surface area contributed by atoms with Gasteiger partial charge in [-0.05, 0) is 35.0 Å². The van der Waals surface area contributed by atoms with Gasteiger partial charge in [-0.2, -0.15) is 8.42 Å². The Morgan fingerprint density at radius 1 is 1.20 bits per heavy atom. The Balaban J connectivity index is 2.48. The minimum atomic E-state index is -3.70. The van der Waals surface area contributed by atoms with Gasteiger partial charge < -0.3 is 0 Å². The van der Waals surface area contributed by atoms with E-state index in [2.05, 4.69) is 10.8 Å². The van der Waals surface area contributed by atoms with Gasteiger partial charge in [-0.1, -0.05) is 18.2 Å². The molecular weight excluding hydrogens is 212 g/mol. The van der Waals surface area contributed by atoms with E-state index < -0.39 is 10.2 Å². The molecule has 0 amide bonds.